The molecule has 2 aromatic rings. The van der Waals surface area contributed by atoms with Gasteiger partial charge in [0.15, 0.2) is 11.6 Å². The second-order valence-corrected chi connectivity index (χ2v) is 9.83. The number of fused-ring (bicyclic) bond motifs is 1. The fraction of sp³-hybridized carbons (Fsp3) is 0.500. The number of nitrogens with two attached hydrogens (primary N) is 1. The lowest BCUT2D eigenvalue weighted by atomic mass is 10.3. The molecule has 0 bridgehead atoms. The maximum absolute atomic E-state index is 11.8. The monoisotopic (exact) mass is 448 g/mol. The van der Waals surface area contributed by atoms with E-state index in [0.29, 0.717) is 0 Å². The molecule has 0 aliphatic heterocycles. The molecule has 0 amide bonds. The second kappa shape index (κ2) is 7.97. The van der Waals surface area contributed by atoms with Gasteiger partial charge in [0, 0.05) is 6.42 Å². The van der Waals surface area contributed by atoms with Gasteiger partial charge in [-0.1, -0.05) is 0 Å². The van der Waals surface area contributed by atoms with Gasteiger partial charge in [0.2, 0.25) is 5.65 Å². The lowest BCUT2D eigenvalue weighted by molar-refractivity contribution is 0.0859. The SMILES string of the molecule is CC(Cc1nnc2c(N)ncnn12)OCP(=O)(O)OP(=O)(O)OP(=O)(O)O. The third-order valence-electron chi connectivity index (χ3n) is 2.73. The lowest BCUT2D eigenvalue weighted by Gasteiger charge is -2.18. The zero-order chi connectivity index (χ0) is 20.5. The highest BCUT2D eigenvalue weighted by atomic mass is 31.3. The number of hydrogen-bond donors (Lipinski definition) is 5. The molecule has 0 fully saturated rings. The number of nitrogens with zero attached hydrogens (tertiary/aromatic N) is 5. The Morgan fingerprint density at radius 3 is 2.48 bits per heavy atom. The standard InChI is InChI=1S/C8H15N6O10P3/c1-5(2-6-12-13-8-7(9)10-3-11-14(6)8)22-4-25(15,16)23-27(20,21)24-26(17,18)19/h3,5H,2,4H2,1H3,(H,15,16)(H,20,21)(H2,9,10,11)(H2,17,18,19). The van der Waals surface area contributed by atoms with Crippen LogP contribution in [0.15, 0.2) is 6.33 Å². The summed E-state index contributed by atoms with van der Waals surface area (Å²) >= 11 is 0. The number of nitrogen functional groups attached to an aromatic ring is 1. The van der Waals surface area contributed by atoms with Gasteiger partial charge in [-0.25, -0.2) is 18.4 Å². The maximum atomic E-state index is 11.8. The Balaban J connectivity index is 1.96. The number of ether oxygens (including phenoxy) is 1. The van der Waals surface area contributed by atoms with Crippen molar-refractivity contribution in [2.75, 3.05) is 12.1 Å². The fourth-order valence-electron chi connectivity index (χ4n) is 1.79. The first-order chi connectivity index (χ1) is 12.3. The summed E-state index contributed by atoms with van der Waals surface area (Å²) in [7, 11) is -15.8. The van der Waals surface area contributed by atoms with Gasteiger partial charge in [-0.05, 0) is 6.92 Å². The summed E-state index contributed by atoms with van der Waals surface area (Å²) in [6.45, 7) is 1.48. The van der Waals surface area contributed by atoms with Crippen LogP contribution in [0.25, 0.3) is 5.65 Å². The largest absolute Gasteiger partial charge is 0.488 e. The summed E-state index contributed by atoms with van der Waals surface area (Å²) in [5.41, 5.74) is 5.81. The Morgan fingerprint density at radius 1 is 1.19 bits per heavy atom. The van der Waals surface area contributed by atoms with Crippen molar-refractivity contribution < 1.29 is 46.6 Å². The van der Waals surface area contributed by atoms with E-state index in [9.17, 15) is 18.6 Å². The highest BCUT2D eigenvalue weighted by molar-refractivity contribution is 7.68. The molecule has 0 radical (unpaired) electrons. The van der Waals surface area contributed by atoms with E-state index >= 15 is 0 Å². The first-order valence-corrected chi connectivity index (χ1v) is 11.6. The number of phosphoric acid groups is 2. The van der Waals surface area contributed by atoms with Gasteiger partial charge in [-0.2, -0.15) is 13.9 Å². The minimum Gasteiger partial charge on any atom is -0.380 e. The zero-order valence-corrected chi connectivity index (χ0v) is 16.1. The summed E-state index contributed by atoms with van der Waals surface area (Å²) < 4.78 is 47.3. The van der Waals surface area contributed by atoms with Crippen molar-refractivity contribution in [3.8, 4) is 0 Å². The van der Waals surface area contributed by atoms with Crippen LogP contribution in [0.1, 0.15) is 12.7 Å². The molecule has 19 heteroatoms. The van der Waals surface area contributed by atoms with Gasteiger partial charge in [-0.15, -0.1) is 10.2 Å². The maximum Gasteiger partial charge on any atom is 0.488 e. The Hall–Kier alpha value is -1.31. The van der Waals surface area contributed by atoms with Crippen molar-refractivity contribution in [1.82, 2.24) is 24.8 Å². The van der Waals surface area contributed by atoms with Crippen LogP contribution in [0.3, 0.4) is 0 Å². The first kappa shape index (κ1) is 22.0. The summed E-state index contributed by atoms with van der Waals surface area (Å²) in [4.78, 5) is 39.2. The zero-order valence-electron chi connectivity index (χ0n) is 13.5. The molecule has 2 aromatic heterocycles. The molecule has 152 valence electrons. The molecular weight excluding hydrogens is 433 g/mol. The smallest absolute Gasteiger partial charge is 0.380 e. The van der Waals surface area contributed by atoms with E-state index < -0.39 is 35.7 Å². The highest BCUT2D eigenvalue weighted by Crippen LogP contribution is 2.65. The molecule has 27 heavy (non-hydrogen) atoms. The molecule has 16 nitrogen and oxygen atoms in total. The van der Waals surface area contributed by atoms with Gasteiger partial charge >= 0.3 is 23.2 Å². The summed E-state index contributed by atoms with van der Waals surface area (Å²) in [6, 6.07) is 0. The number of anilines is 1. The summed E-state index contributed by atoms with van der Waals surface area (Å²) in [6.07, 6.45) is -0.612. The Labute approximate surface area is 150 Å². The highest BCUT2D eigenvalue weighted by Gasteiger charge is 2.39. The summed E-state index contributed by atoms with van der Waals surface area (Å²) in [5, 5.41) is 11.5. The van der Waals surface area contributed by atoms with Gasteiger partial charge in [0.25, 0.3) is 0 Å². The normalized spacial score (nSPS) is 18.1. The van der Waals surface area contributed by atoms with E-state index in [1.54, 1.807) is 0 Å². The average Bonchev–Trinajstić information content (AvgIpc) is 2.86. The predicted molar refractivity (Wildman–Crippen MR) is 86.0 cm³/mol. The number of aromatic nitrogens is 5. The van der Waals surface area contributed by atoms with E-state index in [0.717, 1.165) is 0 Å². The van der Waals surface area contributed by atoms with Crippen molar-refractivity contribution in [3.63, 3.8) is 0 Å². The molecule has 3 atom stereocenters. The minimum absolute atomic E-state index is 0.0490. The topological polar surface area (TPSA) is 242 Å². The van der Waals surface area contributed by atoms with E-state index in [-0.39, 0.29) is 23.7 Å². The van der Waals surface area contributed by atoms with Gasteiger partial charge in [0.05, 0.1) is 6.10 Å². The molecule has 2 rings (SSSR count). The van der Waals surface area contributed by atoms with Crippen LogP contribution in [-0.4, -0.2) is 56.8 Å². The third-order valence-corrected chi connectivity index (χ3v) is 6.73. The second-order valence-electron chi connectivity index (χ2n) is 5.07. The van der Waals surface area contributed by atoms with Crippen LogP contribution in [-0.2, 0) is 33.5 Å². The molecule has 0 aliphatic rings. The van der Waals surface area contributed by atoms with Crippen molar-refractivity contribution in [2.45, 2.75) is 19.4 Å². The van der Waals surface area contributed by atoms with Crippen molar-refractivity contribution in [3.05, 3.63) is 12.2 Å². The minimum atomic E-state index is -5.50. The Morgan fingerprint density at radius 2 is 1.85 bits per heavy atom. The molecule has 0 saturated heterocycles. The van der Waals surface area contributed by atoms with Crippen molar-refractivity contribution >= 4 is 34.7 Å². The van der Waals surface area contributed by atoms with E-state index in [1.807, 2.05) is 0 Å². The molecule has 0 spiro atoms. The fourth-order valence-corrected chi connectivity index (χ4v) is 5.17. The third kappa shape index (κ3) is 6.66. The molecule has 3 unspecified atom stereocenters. The van der Waals surface area contributed by atoms with E-state index in [1.165, 1.54) is 17.8 Å². The first-order valence-electron chi connectivity index (χ1n) is 6.83. The van der Waals surface area contributed by atoms with Crippen LogP contribution in [0.5, 0.6) is 0 Å². The molecule has 0 aliphatic carbocycles. The molecule has 2 heterocycles. The van der Waals surface area contributed by atoms with E-state index in [2.05, 4.69) is 28.9 Å². The van der Waals surface area contributed by atoms with Crippen LogP contribution < -0.4 is 5.73 Å². The molecule has 6 N–H and O–H groups in total. The molecular formula is C8H15N6O10P3. The molecule has 0 saturated carbocycles. The Bertz CT molecular complexity index is 960. The van der Waals surface area contributed by atoms with Crippen LogP contribution in [0.2, 0.25) is 0 Å². The quantitative estimate of drug-likeness (QED) is 0.301. The van der Waals surface area contributed by atoms with Gasteiger partial charge in [-0.3, -0.25) is 4.57 Å². The van der Waals surface area contributed by atoms with Crippen LogP contribution in [0.4, 0.5) is 5.82 Å². The van der Waals surface area contributed by atoms with Crippen molar-refractivity contribution in [1.29, 1.82) is 0 Å². The van der Waals surface area contributed by atoms with Gasteiger partial charge in [0.1, 0.15) is 12.7 Å². The van der Waals surface area contributed by atoms with Crippen LogP contribution >= 0.6 is 23.2 Å². The number of rotatable bonds is 9. The Kier molecular flexibility index (Phi) is 6.49. The van der Waals surface area contributed by atoms with Gasteiger partial charge < -0.3 is 30.0 Å². The predicted octanol–water partition coefficient (Wildman–Crippen LogP) is -0.582. The van der Waals surface area contributed by atoms with Crippen molar-refractivity contribution in [2.24, 2.45) is 0 Å². The lowest BCUT2D eigenvalue weighted by Crippen LogP contribution is -2.16. The number of hydrogen-bond acceptors (Lipinski definition) is 11. The van der Waals surface area contributed by atoms with Crippen LogP contribution in [0, 0.1) is 0 Å². The average molecular weight is 448 g/mol. The molecule has 0 aromatic carbocycles. The summed E-state index contributed by atoms with van der Waals surface area (Å²) in [5.74, 6) is 0.382. The van der Waals surface area contributed by atoms with E-state index in [4.69, 9.17) is 25.2 Å².